The summed E-state index contributed by atoms with van der Waals surface area (Å²) in [6, 6.07) is 7.26. The first-order valence-corrected chi connectivity index (χ1v) is 6.62. The maximum absolute atomic E-state index is 5.90. The molecule has 0 bridgehead atoms. The molecule has 0 unspecified atom stereocenters. The first kappa shape index (κ1) is 12.4. The third-order valence-corrected chi connectivity index (χ3v) is 3.29. The summed E-state index contributed by atoms with van der Waals surface area (Å²) < 4.78 is 5.64. The number of rotatable bonds is 4. The second-order valence-corrected chi connectivity index (χ2v) is 5.06. The highest BCUT2D eigenvalue weighted by Gasteiger charge is 2.18. The van der Waals surface area contributed by atoms with Crippen LogP contribution in [0.25, 0.3) is 0 Å². The number of benzene rings is 1. The SMILES string of the molecule is Clc1cccc(Oc2cnc(CC3CNC3)nc2)c1. The van der Waals surface area contributed by atoms with E-state index in [2.05, 4.69) is 15.3 Å². The lowest BCUT2D eigenvalue weighted by Crippen LogP contribution is -2.43. The minimum atomic E-state index is 0.623. The number of hydrogen-bond donors (Lipinski definition) is 1. The zero-order chi connectivity index (χ0) is 13.1. The fourth-order valence-corrected chi connectivity index (χ4v) is 2.10. The van der Waals surface area contributed by atoms with Crippen molar-refractivity contribution >= 4 is 11.6 Å². The molecule has 1 fully saturated rings. The molecule has 5 heteroatoms. The molecule has 98 valence electrons. The molecule has 1 aromatic carbocycles. The number of halogens is 1. The van der Waals surface area contributed by atoms with Crippen LogP contribution in [-0.2, 0) is 6.42 Å². The normalized spacial score (nSPS) is 15.0. The van der Waals surface area contributed by atoms with Gasteiger partial charge in [-0.15, -0.1) is 0 Å². The Kier molecular flexibility index (Phi) is 3.62. The molecule has 1 aromatic heterocycles. The van der Waals surface area contributed by atoms with E-state index < -0.39 is 0 Å². The van der Waals surface area contributed by atoms with Gasteiger partial charge < -0.3 is 10.1 Å². The summed E-state index contributed by atoms with van der Waals surface area (Å²) in [7, 11) is 0. The fourth-order valence-electron chi connectivity index (χ4n) is 1.92. The molecule has 2 heterocycles. The molecule has 4 nitrogen and oxygen atoms in total. The maximum atomic E-state index is 5.90. The van der Waals surface area contributed by atoms with E-state index >= 15 is 0 Å². The molecule has 3 rings (SSSR count). The summed E-state index contributed by atoms with van der Waals surface area (Å²) in [5, 5.41) is 3.88. The average Bonchev–Trinajstić information content (AvgIpc) is 2.36. The molecule has 1 saturated heterocycles. The Morgan fingerprint density at radius 2 is 2.00 bits per heavy atom. The van der Waals surface area contributed by atoms with E-state index in [4.69, 9.17) is 16.3 Å². The number of nitrogens with one attached hydrogen (secondary N) is 1. The summed E-state index contributed by atoms with van der Waals surface area (Å²) in [5.41, 5.74) is 0. The lowest BCUT2D eigenvalue weighted by Gasteiger charge is -2.26. The van der Waals surface area contributed by atoms with Crippen LogP contribution in [0.1, 0.15) is 5.82 Å². The van der Waals surface area contributed by atoms with Crippen LogP contribution in [0.4, 0.5) is 0 Å². The van der Waals surface area contributed by atoms with Crippen LogP contribution in [0.2, 0.25) is 5.02 Å². The molecule has 19 heavy (non-hydrogen) atoms. The molecule has 0 radical (unpaired) electrons. The fraction of sp³-hybridized carbons (Fsp3) is 0.286. The predicted octanol–water partition coefficient (Wildman–Crippen LogP) is 2.68. The molecule has 0 amide bonds. The van der Waals surface area contributed by atoms with E-state index in [1.165, 1.54) is 0 Å². The van der Waals surface area contributed by atoms with Crippen LogP contribution in [0.3, 0.4) is 0 Å². The van der Waals surface area contributed by atoms with Crippen molar-refractivity contribution in [2.75, 3.05) is 13.1 Å². The first-order valence-electron chi connectivity index (χ1n) is 6.24. The summed E-state index contributed by atoms with van der Waals surface area (Å²) in [6.45, 7) is 2.12. The van der Waals surface area contributed by atoms with Crippen molar-refractivity contribution in [3.63, 3.8) is 0 Å². The molecule has 0 atom stereocenters. The van der Waals surface area contributed by atoms with Crippen molar-refractivity contribution in [3.05, 3.63) is 47.5 Å². The molecule has 0 aliphatic carbocycles. The monoisotopic (exact) mass is 275 g/mol. The van der Waals surface area contributed by atoms with Crippen LogP contribution in [-0.4, -0.2) is 23.1 Å². The molecule has 1 N–H and O–H groups in total. The average molecular weight is 276 g/mol. The second-order valence-electron chi connectivity index (χ2n) is 4.62. The van der Waals surface area contributed by atoms with E-state index in [9.17, 15) is 0 Å². The molecule has 0 spiro atoms. The quantitative estimate of drug-likeness (QED) is 0.932. The van der Waals surface area contributed by atoms with Gasteiger partial charge in [-0.3, -0.25) is 0 Å². The van der Waals surface area contributed by atoms with Gasteiger partial charge in [0.2, 0.25) is 0 Å². The van der Waals surface area contributed by atoms with Gasteiger partial charge in [0.25, 0.3) is 0 Å². The minimum absolute atomic E-state index is 0.623. The zero-order valence-electron chi connectivity index (χ0n) is 10.3. The summed E-state index contributed by atoms with van der Waals surface area (Å²) in [5.74, 6) is 2.84. The lowest BCUT2D eigenvalue weighted by molar-refractivity contribution is 0.340. The van der Waals surface area contributed by atoms with Crippen LogP contribution in [0.15, 0.2) is 36.7 Å². The van der Waals surface area contributed by atoms with Gasteiger partial charge in [-0.05, 0) is 37.2 Å². The highest BCUT2D eigenvalue weighted by atomic mass is 35.5. The Morgan fingerprint density at radius 3 is 2.63 bits per heavy atom. The Balaban J connectivity index is 1.65. The number of nitrogens with zero attached hydrogens (tertiary/aromatic N) is 2. The Bertz CT molecular complexity index is 555. The van der Waals surface area contributed by atoms with Crippen molar-refractivity contribution in [1.29, 1.82) is 0 Å². The number of aromatic nitrogens is 2. The van der Waals surface area contributed by atoms with E-state index in [1.54, 1.807) is 24.5 Å². The molecule has 1 aliphatic rings. The minimum Gasteiger partial charge on any atom is -0.454 e. The van der Waals surface area contributed by atoms with Crippen molar-refractivity contribution in [3.8, 4) is 11.5 Å². The second kappa shape index (κ2) is 5.55. The third kappa shape index (κ3) is 3.22. The maximum Gasteiger partial charge on any atom is 0.164 e. The largest absolute Gasteiger partial charge is 0.454 e. The topological polar surface area (TPSA) is 47.0 Å². The van der Waals surface area contributed by atoms with Crippen LogP contribution in [0.5, 0.6) is 11.5 Å². The van der Waals surface area contributed by atoms with E-state index in [0.717, 1.165) is 25.3 Å². The Morgan fingerprint density at radius 1 is 1.21 bits per heavy atom. The van der Waals surface area contributed by atoms with Gasteiger partial charge in [0, 0.05) is 11.4 Å². The van der Waals surface area contributed by atoms with Crippen LogP contribution in [0, 0.1) is 5.92 Å². The molecule has 2 aromatic rings. The third-order valence-electron chi connectivity index (χ3n) is 3.05. The van der Waals surface area contributed by atoms with Crippen LogP contribution >= 0.6 is 11.6 Å². The van der Waals surface area contributed by atoms with Crippen molar-refractivity contribution < 1.29 is 4.74 Å². The predicted molar refractivity (Wildman–Crippen MR) is 73.6 cm³/mol. The van der Waals surface area contributed by atoms with Crippen molar-refractivity contribution in [2.24, 2.45) is 5.92 Å². The van der Waals surface area contributed by atoms with E-state index in [1.807, 2.05) is 12.1 Å². The van der Waals surface area contributed by atoms with Gasteiger partial charge in [-0.25, -0.2) is 9.97 Å². The first-order chi connectivity index (χ1) is 9.29. The Hall–Kier alpha value is -1.65. The molecule has 1 aliphatic heterocycles. The molecular formula is C14H14ClN3O. The van der Waals surface area contributed by atoms with Crippen LogP contribution < -0.4 is 10.1 Å². The standard InChI is InChI=1S/C14H14ClN3O/c15-11-2-1-3-12(5-11)19-13-8-17-14(18-9-13)4-10-6-16-7-10/h1-3,5,8-10,16H,4,6-7H2. The van der Waals surface area contributed by atoms with Crippen molar-refractivity contribution in [1.82, 2.24) is 15.3 Å². The van der Waals surface area contributed by atoms with Gasteiger partial charge in [0.15, 0.2) is 5.75 Å². The summed E-state index contributed by atoms with van der Waals surface area (Å²) in [4.78, 5) is 8.64. The summed E-state index contributed by atoms with van der Waals surface area (Å²) in [6.07, 6.45) is 4.33. The highest BCUT2D eigenvalue weighted by molar-refractivity contribution is 6.30. The molecule has 0 saturated carbocycles. The number of ether oxygens (including phenoxy) is 1. The van der Waals surface area contributed by atoms with E-state index in [0.29, 0.717) is 22.4 Å². The van der Waals surface area contributed by atoms with Crippen molar-refractivity contribution in [2.45, 2.75) is 6.42 Å². The van der Waals surface area contributed by atoms with E-state index in [-0.39, 0.29) is 0 Å². The van der Waals surface area contributed by atoms with Gasteiger partial charge in [0.05, 0.1) is 12.4 Å². The smallest absolute Gasteiger partial charge is 0.164 e. The van der Waals surface area contributed by atoms with Gasteiger partial charge in [0.1, 0.15) is 11.6 Å². The van der Waals surface area contributed by atoms with Gasteiger partial charge in [-0.1, -0.05) is 17.7 Å². The lowest BCUT2D eigenvalue weighted by atomic mass is 9.99. The van der Waals surface area contributed by atoms with Gasteiger partial charge in [-0.2, -0.15) is 0 Å². The summed E-state index contributed by atoms with van der Waals surface area (Å²) >= 11 is 5.90. The van der Waals surface area contributed by atoms with Gasteiger partial charge >= 0.3 is 0 Å². The zero-order valence-corrected chi connectivity index (χ0v) is 11.1. The number of hydrogen-bond acceptors (Lipinski definition) is 4. The highest BCUT2D eigenvalue weighted by Crippen LogP contribution is 2.23. The molecular weight excluding hydrogens is 262 g/mol. The Labute approximate surface area is 116 Å².